The van der Waals surface area contributed by atoms with Gasteiger partial charge in [0.2, 0.25) is 6.79 Å². The fourth-order valence-electron chi connectivity index (χ4n) is 3.09. The van der Waals surface area contributed by atoms with Crippen LogP contribution in [-0.2, 0) is 4.74 Å². The number of thiocarbonyl (C=S) groups is 1. The van der Waals surface area contributed by atoms with Gasteiger partial charge in [-0.15, -0.1) is 11.3 Å². The Hall–Kier alpha value is -3.10. The summed E-state index contributed by atoms with van der Waals surface area (Å²) in [6.45, 7) is 2.23. The standard InChI is InChI=1S/C22H20N2O4S2/c1-13(15-8-9-17-18(10-15)28-12-27-17)23-22(29)24-20-16(21(25)26-2)11-19(30-20)14-6-4-3-5-7-14/h3-11,13H,12H2,1-2H3,(H2,23,24,29). The van der Waals surface area contributed by atoms with Crippen molar-refractivity contribution in [2.75, 3.05) is 19.2 Å². The van der Waals surface area contributed by atoms with Crippen molar-refractivity contribution in [1.29, 1.82) is 0 Å². The quantitative estimate of drug-likeness (QED) is 0.428. The molecule has 1 aromatic heterocycles. The van der Waals surface area contributed by atoms with Gasteiger partial charge in [-0.1, -0.05) is 36.4 Å². The molecule has 0 bridgehead atoms. The lowest BCUT2D eigenvalue weighted by Crippen LogP contribution is -2.31. The number of carbonyl (C=O) groups excluding carboxylic acids is 1. The number of esters is 1. The number of hydrogen-bond acceptors (Lipinski definition) is 6. The minimum Gasteiger partial charge on any atom is -0.465 e. The maximum atomic E-state index is 12.3. The third-order valence-corrected chi connectivity index (χ3v) is 5.99. The van der Waals surface area contributed by atoms with Crippen LogP contribution in [0, 0.1) is 0 Å². The van der Waals surface area contributed by atoms with Crippen molar-refractivity contribution >= 4 is 39.6 Å². The summed E-state index contributed by atoms with van der Waals surface area (Å²) >= 11 is 6.94. The molecule has 0 spiro atoms. The molecule has 0 fully saturated rings. The molecule has 2 N–H and O–H groups in total. The van der Waals surface area contributed by atoms with E-state index in [4.69, 9.17) is 26.4 Å². The maximum absolute atomic E-state index is 12.3. The first-order valence-corrected chi connectivity index (χ1v) is 10.5. The SMILES string of the molecule is COC(=O)c1cc(-c2ccccc2)sc1NC(=S)NC(C)c1ccc2c(c1)OCO2. The molecule has 154 valence electrons. The number of thiophene rings is 1. The van der Waals surface area contributed by atoms with E-state index in [1.807, 2.05) is 61.5 Å². The van der Waals surface area contributed by atoms with Gasteiger partial charge in [0.15, 0.2) is 16.6 Å². The summed E-state index contributed by atoms with van der Waals surface area (Å²) in [4.78, 5) is 13.2. The zero-order chi connectivity index (χ0) is 21.1. The third kappa shape index (κ3) is 4.24. The molecular formula is C22H20N2O4S2. The van der Waals surface area contributed by atoms with Crippen molar-refractivity contribution in [2.45, 2.75) is 13.0 Å². The van der Waals surface area contributed by atoms with Gasteiger partial charge in [0, 0.05) is 4.88 Å². The van der Waals surface area contributed by atoms with E-state index in [9.17, 15) is 4.79 Å². The second-order valence-electron chi connectivity index (χ2n) is 6.64. The van der Waals surface area contributed by atoms with Gasteiger partial charge in [-0.2, -0.15) is 0 Å². The zero-order valence-electron chi connectivity index (χ0n) is 16.4. The van der Waals surface area contributed by atoms with Crippen molar-refractivity contribution in [2.24, 2.45) is 0 Å². The average Bonchev–Trinajstić information content (AvgIpc) is 3.40. The van der Waals surface area contributed by atoms with Crippen LogP contribution < -0.4 is 20.1 Å². The number of rotatable bonds is 5. The largest absolute Gasteiger partial charge is 0.465 e. The topological polar surface area (TPSA) is 68.8 Å². The number of anilines is 1. The molecule has 2 heterocycles. The van der Waals surface area contributed by atoms with Crippen molar-refractivity contribution < 1.29 is 19.0 Å². The molecule has 6 nitrogen and oxygen atoms in total. The average molecular weight is 441 g/mol. The lowest BCUT2D eigenvalue weighted by atomic mass is 10.1. The molecule has 0 saturated carbocycles. The molecular weight excluding hydrogens is 420 g/mol. The highest BCUT2D eigenvalue weighted by molar-refractivity contribution is 7.80. The van der Waals surface area contributed by atoms with E-state index in [0.29, 0.717) is 15.7 Å². The van der Waals surface area contributed by atoms with Crippen molar-refractivity contribution in [3.8, 4) is 21.9 Å². The van der Waals surface area contributed by atoms with Crippen LogP contribution in [0.4, 0.5) is 5.00 Å². The summed E-state index contributed by atoms with van der Waals surface area (Å²) in [5.41, 5.74) is 2.47. The zero-order valence-corrected chi connectivity index (χ0v) is 18.1. The Labute approximate surface area is 183 Å². The second-order valence-corrected chi connectivity index (χ2v) is 8.10. The highest BCUT2D eigenvalue weighted by Crippen LogP contribution is 2.36. The smallest absolute Gasteiger partial charge is 0.340 e. The molecule has 1 atom stereocenters. The molecule has 0 aliphatic carbocycles. The molecule has 3 aromatic rings. The summed E-state index contributed by atoms with van der Waals surface area (Å²) in [7, 11) is 1.37. The molecule has 0 saturated heterocycles. The molecule has 1 aliphatic rings. The first-order chi connectivity index (χ1) is 14.5. The first kappa shape index (κ1) is 20.2. The van der Waals surface area contributed by atoms with Gasteiger partial charge in [-0.3, -0.25) is 0 Å². The van der Waals surface area contributed by atoms with Crippen LogP contribution in [0.25, 0.3) is 10.4 Å². The van der Waals surface area contributed by atoms with E-state index >= 15 is 0 Å². The normalized spacial score (nSPS) is 12.9. The predicted octanol–water partition coefficient (Wildman–Crippen LogP) is 4.98. The Morgan fingerprint density at radius 1 is 1.13 bits per heavy atom. The maximum Gasteiger partial charge on any atom is 0.340 e. The third-order valence-electron chi connectivity index (χ3n) is 4.67. The van der Waals surface area contributed by atoms with Crippen LogP contribution in [0.1, 0.15) is 28.9 Å². The molecule has 0 radical (unpaired) electrons. The molecule has 2 aromatic carbocycles. The fraction of sp³-hybridized carbons (Fsp3) is 0.182. The Balaban J connectivity index is 1.50. The number of benzene rings is 2. The van der Waals surface area contributed by atoms with Crippen LogP contribution in [0.5, 0.6) is 11.5 Å². The van der Waals surface area contributed by atoms with Crippen molar-refractivity contribution in [3.63, 3.8) is 0 Å². The van der Waals surface area contributed by atoms with Crippen LogP contribution in [0.3, 0.4) is 0 Å². The fourth-order valence-corrected chi connectivity index (χ4v) is 4.49. The summed E-state index contributed by atoms with van der Waals surface area (Å²) in [5, 5.41) is 7.44. The molecule has 30 heavy (non-hydrogen) atoms. The molecule has 8 heteroatoms. The van der Waals surface area contributed by atoms with E-state index in [-0.39, 0.29) is 12.8 Å². The van der Waals surface area contributed by atoms with Gasteiger partial charge >= 0.3 is 5.97 Å². The van der Waals surface area contributed by atoms with Crippen LogP contribution in [0.15, 0.2) is 54.6 Å². The van der Waals surface area contributed by atoms with Gasteiger partial charge in [-0.05, 0) is 48.5 Å². The Bertz CT molecular complexity index is 1080. The van der Waals surface area contributed by atoms with Gasteiger partial charge in [0.1, 0.15) is 5.00 Å². The summed E-state index contributed by atoms with van der Waals surface area (Å²) in [5.74, 6) is 1.04. The predicted molar refractivity (Wildman–Crippen MR) is 121 cm³/mol. The number of fused-ring (bicyclic) bond motifs is 1. The highest BCUT2D eigenvalue weighted by atomic mass is 32.1. The Morgan fingerprint density at radius 3 is 2.67 bits per heavy atom. The van der Waals surface area contributed by atoms with Crippen LogP contribution in [0.2, 0.25) is 0 Å². The summed E-state index contributed by atoms with van der Waals surface area (Å²) in [6, 6.07) is 17.4. The molecule has 0 amide bonds. The van der Waals surface area contributed by atoms with Crippen molar-refractivity contribution in [3.05, 3.63) is 65.7 Å². The molecule has 1 unspecified atom stereocenters. The number of carbonyl (C=O) groups is 1. The number of hydrogen-bond donors (Lipinski definition) is 2. The van der Waals surface area contributed by atoms with Crippen molar-refractivity contribution in [1.82, 2.24) is 5.32 Å². The summed E-state index contributed by atoms with van der Waals surface area (Å²) in [6.07, 6.45) is 0. The van der Waals surface area contributed by atoms with Crippen LogP contribution in [-0.4, -0.2) is 25.0 Å². The lowest BCUT2D eigenvalue weighted by Gasteiger charge is -2.17. The van der Waals surface area contributed by atoms with Gasteiger partial charge in [0.25, 0.3) is 0 Å². The molecule has 1 aliphatic heterocycles. The Morgan fingerprint density at radius 2 is 1.90 bits per heavy atom. The van der Waals surface area contributed by atoms with E-state index in [0.717, 1.165) is 27.5 Å². The van der Waals surface area contributed by atoms with Crippen LogP contribution >= 0.6 is 23.6 Å². The van der Waals surface area contributed by atoms with E-state index < -0.39 is 5.97 Å². The lowest BCUT2D eigenvalue weighted by molar-refractivity contribution is 0.0602. The van der Waals surface area contributed by atoms with Gasteiger partial charge < -0.3 is 24.8 Å². The number of ether oxygens (including phenoxy) is 3. The first-order valence-electron chi connectivity index (χ1n) is 9.30. The monoisotopic (exact) mass is 440 g/mol. The minimum absolute atomic E-state index is 0.0744. The minimum atomic E-state index is -0.414. The van der Waals surface area contributed by atoms with Gasteiger partial charge in [-0.25, -0.2) is 4.79 Å². The van der Waals surface area contributed by atoms with E-state index in [1.165, 1.54) is 18.4 Å². The second kappa shape index (κ2) is 8.73. The highest BCUT2D eigenvalue weighted by Gasteiger charge is 2.20. The number of nitrogens with one attached hydrogen (secondary N) is 2. The summed E-state index contributed by atoms with van der Waals surface area (Å²) < 4.78 is 15.7. The van der Waals surface area contributed by atoms with E-state index in [2.05, 4.69) is 10.6 Å². The molecule has 4 rings (SSSR count). The Kier molecular flexibility index (Phi) is 5.87. The number of methoxy groups -OCH3 is 1. The van der Waals surface area contributed by atoms with Gasteiger partial charge in [0.05, 0.1) is 18.7 Å². The van der Waals surface area contributed by atoms with E-state index in [1.54, 1.807) is 0 Å².